The molecule has 0 aliphatic heterocycles. The Labute approximate surface area is 144 Å². The molecule has 130 valence electrons. The van der Waals surface area contributed by atoms with Gasteiger partial charge in [-0.05, 0) is 69.4 Å². The van der Waals surface area contributed by atoms with E-state index in [0.717, 1.165) is 35.6 Å². The van der Waals surface area contributed by atoms with Crippen molar-refractivity contribution < 1.29 is 13.2 Å². The van der Waals surface area contributed by atoms with Crippen LogP contribution in [0.15, 0.2) is 28.7 Å². The van der Waals surface area contributed by atoms with E-state index in [1.54, 1.807) is 19.9 Å². The van der Waals surface area contributed by atoms with Gasteiger partial charge in [0.25, 0.3) is 15.9 Å². The minimum Gasteiger partial charge on any atom is -0.269 e. The molecule has 2 fully saturated rings. The van der Waals surface area contributed by atoms with Crippen LogP contribution < -0.4 is 0 Å². The number of aryl methyl sites for hydroxylation is 3. The molecule has 4 nitrogen and oxygen atoms in total. The van der Waals surface area contributed by atoms with Crippen LogP contribution in [0.3, 0.4) is 0 Å². The molecule has 3 rings (SSSR count). The predicted octanol–water partition coefficient (Wildman–Crippen LogP) is 3.51. The third-order valence-corrected chi connectivity index (χ3v) is 6.98. The van der Waals surface area contributed by atoms with Gasteiger partial charge in [-0.2, -0.15) is 0 Å². The van der Waals surface area contributed by atoms with E-state index in [4.69, 9.17) is 0 Å². The first kappa shape index (κ1) is 17.2. The van der Waals surface area contributed by atoms with Crippen LogP contribution in [-0.2, 0) is 14.8 Å². The van der Waals surface area contributed by atoms with Gasteiger partial charge in [-0.3, -0.25) is 4.79 Å². The van der Waals surface area contributed by atoms with Crippen LogP contribution in [0, 0.1) is 32.6 Å². The zero-order valence-electron chi connectivity index (χ0n) is 14.8. The number of sulfonamides is 1. The molecule has 0 radical (unpaired) electrons. The molecule has 1 aromatic rings. The summed E-state index contributed by atoms with van der Waals surface area (Å²) < 4.78 is 26.8. The first-order chi connectivity index (χ1) is 11.2. The van der Waals surface area contributed by atoms with Crippen molar-refractivity contribution in [1.82, 2.24) is 4.31 Å². The number of rotatable bonds is 5. The van der Waals surface area contributed by atoms with E-state index in [1.165, 1.54) is 12.6 Å². The lowest BCUT2D eigenvalue weighted by Crippen LogP contribution is -2.33. The summed E-state index contributed by atoms with van der Waals surface area (Å²) in [4.78, 5) is 12.8. The lowest BCUT2D eigenvalue weighted by Gasteiger charge is -2.20. The lowest BCUT2D eigenvalue weighted by atomic mass is 10.1. The van der Waals surface area contributed by atoms with Gasteiger partial charge in [0.2, 0.25) is 0 Å². The molecule has 1 amide bonds. The fourth-order valence-corrected chi connectivity index (χ4v) is 4.96. The summed E-state index contributed by atoms with van der Waals surface area (Å²) in [6.07, 6.45) is 6.10. The zero-order chi connectivity index (χ0) is 17.6. The average molecular weight is 347 g/mol. The standard InChI is InChI=1S/C19H25NO3S/c1-12-9-13(2)19(14(3)10-12)24(22,23)20(4)18(21)11-17(15-5-6-15)16-7-8-16/h9-11,15-16H,5-8H2,1-4H3. The van der Waals surface area contributed by atoms with Crippen molar-refractivity contribution in [1.29, 1.82) is 0 Å². The third-order valence-electron chi connectivity index (χ3n) is 4.92. The summed E-state index contributed by atoms with van der Waals surface area (Å²) in [5.41, 5.74) is 3.54. The second-order valence-electron chi connectivity index (χ2n) is 7.23. The molecule has 0 unspecified atom stereocenters. The Kier molecular flexibility index (Phi) is 4.32. The largest absolute Gasteiger partial charge is 0.269 e. The van der Waals surface area contributed by atoms with Crippen LogP contribution >= 0.6 is 0 Å². The molecule has 0 aromatic heterocycles. The molecule has 2 aliphatic rings. The molecular formula is C19H25NO3S. The summed E-state index contributed by atoms with van der Waals surface area (Å²) in [6, 6.07) is 3.68. The average Bonchev–Trinajstić information content (AvgIpc) is 3.36. The molecule has 0 N–H and O–H groups in total. The topological polar surface area (TPSA) is 54.5 Å². The summed E-state index contributed by atoms with van der Waals surface area (Å²) in [5, 5.41) is 0. The Balaban J connectivity index is 1.92. The van der Waals surface area contributed by atoms with E-state index in [9.17, 15) is 13.2 Å². The number of carbonyl (C=O) groups excluding carboxylic acids is 1. The SMILES string of the molecule is Cc1cc(C)c(S(=O)(=O)N(C)C(=O)C=C(C2CC2)C2CC2)c(C)c1. The van der Waals surface area contributed by atoms with Gasteiger partial charge in [-0.25, -0.2) is 12.7 Å². The normalized spacial score (nSPS) is 17.5. The first-order valence-corrected chi connectivity index (χ1v) is 9.98. The molecule has 0 saturated heterocycles. The molecule has 24 heavy (non-hydrogen) atoms. The van der Waals surface area contributed by atoms with Crippen molar-refractivity contribution in [2.45, 2.75) is 51.3 Å². The van der Waals surface area contributed by atoms with Crippen molar-refractivity contribution in [3.63, 3.8) is 0 Å². The van der Waals surface area contributed by atoms with Gasteiger partial charge in [0, 0.05) is 13.1 Å². The van der Waals surface area contributed by atoms with E-state index < -0.39 is 15.9 Å². The van der Waals surface area contributed by atoms with Crippen LogP contribution in [0.25, 0.3) is 0 Å². The predicted molar refractivity (Wildman–Crippen MR) is 94.1 cm³/mol. The maximum Gasteiger partial charge on any atom is 0.267 e. The first-order valence-electron chi connectivity index (χ1n) is 8.54. The Hall–Kier alpha value is -1.62. The van der Waals surface area contributed by atoms with Gasteiger partial charge in [0.1, 0.15) is 0 Å². The van der Waals surface area contributed by atoms with Gasteiger partial charge in [0.15, 0.2) is 0 Å². The van der Waals surface area contributed by atoms with E-state index in [0.29, 0.717) is 23.0 Å². The van der Waals surface area contributed by atoms with Crippen LogP contribution in [0.2, 0.25) is 0 Å². The number of benzene rings is 1. The minimum atomic E-state index is -3.83. The Morgan fingerprint density at radius 1 is 1.04 bits per heavy atom. The summed E-state index contributed by atoms with van der Waals surface area (Å²) in [7, 11) is -2.47. The van der Waals surface area contributed by atoms with Crippen LogP contribution in [0.5, 0.6) is 0 Å². The van der Waals surface area contributed by atoms with E-state index >= 15 is 0 Å². The minimum absolute atomic E-state index is 0.247. The van der Waals surface area contributed by atoms with Gasteiger partial charge in [0.05, 0.1) is 4.90 Å². The van der Waals surface area contributed by atoms with E-state index in [-0.39, 0.29) is 4.90 Å². The maximum absolute atomic E-state index is 13.0. The van der Waals surface area contributed by atoms with Crippen molar-refractivity contribution in [2.75, 3.05) is 7.05 Å². The van der Waals surface area contributed by atoms with E-state index in [1.807, 2.05) is 19.1 Å². The molecule has 0 atom stereocenters. The molecule has 0 spiro atoms. The molecule has 2 aliphatic carbocycles. The lowest BCUT2D eigenvalue weighted by molar-refractivity contribution is -0.120. The summed E-state index contributed by atoms with van der Waals surface area (Å²) >= 11 is 0. The number of hydrogen-bond acceptors (Lipinski definition) is 3. The highest BCUT2D eigenvalue weighted by Crippen LogP contribution is 2.48. The second-order valence-corrected chi connectivity index (χ2v) is 9.14. The molecule has 0 bridgehead atoms. The molecule has 1 aromatic carbocycles. The monoisotopic (exact) mass is 347 g/mol. The molecule has 0 heterocycles. The highest BCUT2D eigenvalue weighted by molar-refractivity contribution is 7.89. The van der Waals surface area contributed by atoms with Gasteiger partial charge >= 0.3 is 0 Å². The highest BCUT2D eigenvalue weighted by atomic mass is 32.2. The maximum atomic E-state index is 13.0. The highest BCUT2D eigenvalue weighted by Gasteiger charge is 2.37. The van der Waals surface area contributed by atoms with Gasteiger partial charge in [-0.15, -0.1) is 0 Å². The van der Waals surface area contributed by atoms with Gasteiger partial charge < -0.3 is 0 Å². The molecular weight excluding hydrogens is 322 g/mol. The number of carbonyl (C=O) groups is 1. The van der Waals surface area contributed by atoms with Crippen molar-refractivity contribution >= 4 is 15.9 Å². The Morgan fingerprint density at radius 3 is 1.92 bits per heavy atom. The molecule has 5 heteroatoms. The smallest absolute Gasteiger partial charge is 0.267 e. The number of likely N-dealkylation sites (N-methyl/N-ethyl adjacent to an activating group) is 1. The van der Waals surface area contributed by atoms with Crippen molar-refractivity contribution in [3.05, 3.63) is 40.5 Å². The Morgan fingerprint density at radius 2 is 1.50 bits per heavy atom. The Bertz CT molecular complexity index is 778. The van der Waals surface area contributed by atoms with Crippen LogP contribution in [-0.4, -0.2) is 25.7 Å². The van der Waals surface area contributed by atoms with Crippen LogP contribution in [0.4, 0.5) is 0 Å². The number of hydrogen-bond donors (Lipinski definition) is 0. The molecule has 2 saturated carbocycles. The quantitative estimate of drug-likeness (QED) is 0.766. The number of nitrogens with zero attached hydrogens (tertiary/aromatic N) is 1. The number of allylic oxidation sites excluding steroid dienone is 1. The zero-order valence-corrected chi connectivity index (χ0v) is 15.6. The fourth-order valence-electron chi connectivity index (χ4n) is 3.46. The van der Waals surface area contributed by atoms with E-state index in [2.05, 4.69) is 0 Å². The summed E-state index contributed by atoms with van der Waals surface area (Å²) in [5.74, 6) is 0.573. The van der Waals surface area contributed by atoms with Crippen LogP contribution in [0.1, 0.15) is 42.4 Å². The number of amides is 1. The van der Waals surface area contributed by atoms with Crippen molar-refractivity contribution in [3.8, 4) is 0 Å². The van der Waals surface area contributed by atoms with Crippen molar-refractivity contribution in [2.24, 2.45) is 11.8 Å². The third kappa shape index (κ3) is 3.27. The summed E-state index contributed by atoms with van der Waals surface area (Å²) in [6.45, 7) is 5.49. The van der Waals surface area contributed by atoms with Gasteiger partial charge in [-0.1, -0.05) is 23.3 Å². The second kappa shape index (κ2) is 6.03. The fraction of sp³-hybridized carbons (Fsp3) is 0.526.